The van der Waals surface area contributed by atoms with Crippen molar-refractivity contribution in [1.29, 1.82) is 0 Å². The number of carbonyl (C=O) groups excluding carboxylic acids is 1. The molecular formula is C16H24N2O2S. The smallest absolute Gasteiger partial charge is 0.223 e. The van der Waals surface area contributed by atoms with E-state index in [-0.39, 0.29) is 11.5 Å². The molecule has 2 heterocycles. The summed E-state index contributed by atoms with van der Waals surface area (Å²) in [5.41, 5.74) is 1.16. The molecule has 0 N–H and O–H groups in total. The zero-order valence-electron chi connectivity index (χ0n) is 13.1. The van der Waals surface area contributed by atoms with E-state index in [1.54, 1.807) is 11.3 Å². The number of morpholine rings is 1. The van der Waals surface area contributed by atoms with E-state index in [2.05, 4.69) is 26.2 Å². The van der Waals surface area contributed by atoms with E-state index in [1.807, 2.05) is 4.90 Å². The minimum Gasteiger partial charge on any atom is -0.367 e. The second kappa shape index (κ2) is 5.69. The third-order valence-corrected chi connectivity index (χ3v) is 5.08. The summed E-state index contributed by atoms with van der Waals surface area (Å²) in [5.74, 6) is 0.935. The van der Waals surface area contributed by atoms with Crippen LogP contribution in [0.1, 0.15) is 56.8 Å². The Morgan fingerprint density at radius 3 is 2.86 bits per heavy atom. The molecule has 2 fully saturated rings. The van der Waals surface area contributed by atoms with E-state index < -0.39 is 0 Å². The fourth-order valence-electron chi connectivity index (χ4n) is 2.50. The highest BCUT2D eigenvalue weighted by Crippen LogP contribution is 2.34. The van der Waals surface area contributed by atoms with Crippen molar-refractivity contribution in [3.63, 3.8) is 0 Å². The van der Waals surface area contributed by atoms with E-state index in [0.717, 1.165) is 23.7 Å². The summed E-state index contributed by atoms with van der Waals surface area (Å²) < 4.78 is 5.85. The van der Waals surface area contributed by atoms with E-state index in [1.165, 1.54) is 12.8 Å². The quantitative estimate of drug-likeness (QED) is 0.861. The number of hydrogen-bond donors (Lipinski definition) is 0. The number of ether oxygens (including phenoxy) is 1. The van der Waals surface area contributed by atoms with Crippen molar-refractivity contribution in [1.82, 2.24) is 9.88 Å². The van der Waals surface area contributed by atoms with Gasteiger partial charge in [0.1, 0.15) is 11.1 Å². The van der Waals surface area contributed by atoms with Gasteiger partial charge in [-0.25, -0.2) is 4.98 Å². The number of carbonyl (C=O) groups is 1. The fraction of sp³-hybridized carbons (Fsp3) is 0.750. The van der Waals surface area contributed by atoms with E-state index in [4.69, 9.17) is 9.72 Å². The lowest BCUT2D eigenvalue weighted by atomic mass is 9.93. The van der Waals surface area contributed by atoms with Crippen LogP contribution >= 0.6 is 11.3 Å². The summed E-state index contributed by atoms with van der Waals surface area (Å²) in [6.07, 6.45) is 3.11. The Balaban J connectivity index is 1.65. The third-order valence-electron chi connectivity index (χ3n) is 4.15. The highest BCUT2D eigenvalue weighted by atomic mass is 32.1. The van der Waals surface area contributed by atoms with Crippen LogP contribution in [-0.2, 0) is 14.9 Å². The van der Waals surface area contributed by atoms with Gasteiger partial charge in [0, 0.05) is 23.8 Å². The maximum Gasteiger partial charge on any atom is 0.223 e. The van der Waals surface area contributed by atoms with Crippen molar-refractivity contribution in [3.05, 3.63) is 16.1 Å². The first-order valence-electron chi connectivity index (χ1n) is 7.79. The highest BCUT2D eigenvalue weighted by Gasteiger charge is 2.31. The lowest BCUT2D eigenvalue weighted by Crippen LogP contribution is -2.42. The molecule has 1 saturated heterocycles. The average molecular weight is 308 g/mol. The van der Waals surface area contributed by atoms with E-state index in [9.17, 15) is 4.79 Å². The average Bonchev–Trinajstić information content (AvgIpc) is 3.09. The van der Waals surface area contributed by atoms with Gasteiger partial charge in [-0.2, -0.15) is 0 Å². The summed E-state index contributed by atoms with van der Waals surface area (Å²) in [7, 11) is 0. The molecule has 1 aromatic rings. The van der Waals surface area contributed by atoms with Gasteiger partial charge >= 0.3 is 0 Å². The van der Waals surface area contributed by atoms with Gasteiger partial charge in [-0.3, -0.25) is 4.79 Å². The van der Waals surface area contributed by atoms with Crippen molar-refractivity contribution in [2.45, 2.75) is 51.6 Å². The Morgan fingerprint density at radius 1 is 1.48 bits per heavy atom. The van der Waals surface area contributed by atoms with Crippen LogP contribution in [0.25, 0.3) is 0 Å². The van der Waals surface area contributed by atoms with E-state index in [0.29, 0.717) is 25.0 Å². The highest BCUT2D eigenvalue weighted by molar-refractivity contribution is 7.09. The summed E-state index contributed by atoms with van der Waals surface area (Å²) >= 11 is 1.65. The molecule has 1 aliphatic carbocycles. The third kappa shape index (κ3) is 3.64. The van der Waals surface area contributed by atoms with Gasteiger partial charge in [0.05, 0.1) is 18.8 Å². The van der Waals surface area contributed by atoms with Crippen molar-refractivity contribution < 1.29 is 9.53 Å². The first-order valence-corrected chi connectivity index (χ1v) is 8.67. The first kappa shape index (κ1) is 15.0. The molecule has 1 aromatic heterocycles. The molecule has 21 heavy (non-hydrogen) atoms. The Morgan fingerprint density at radius 2 is 2.24 bits per heavy atom. The Bertz CT molecular complexity index is 517. The predicted molar refractivity (Wildman–Crippen MR) is 83.4 cm³/mol. The second-order valence-corrected chi connectivity index (χ2v) is 8.06. The maximum absolute atomic E-state index is 12.2. The topological polar surface area (TPSA) is 42.4 Å². The van der Waals surface area contributed by atoms with Gasteiger partial charge in [0.15, 0.2) is 0 Å². The Kier molecular flexibility index (Phi) is 4.06. The Labute approximate surface area is 130 Å². The van der Waals surface area contributed by atoms with Gasteiger partial charge in [-0.05, 0) is 18.8 Å². The van der Waals surface area contributed by atoms with Crippen LogP contribution < -0.4 is 0 Å². The molecular weight excluding hydrogens is 284 g/mol. The van der Waals surface area contributed by atoms with Crippen LogP contribution in [0.15, 0.2) is 5.38 Å². The molecule has 0 unspecified atom stereocenters. The molecule has 0 spiro atoms. The SMILES string of the molecule is CC(C)(C)c1csc([C@@H]2CN(C(=O)CC3CC3)CCO2)n1. The number of thiazole rings is 1. The van der Waals surface area contributed by atoms with Gasteiger partial charge in [0.2, 0.25) is 5.91 Å². The van der Waals surface area contributed by atoms with Crippen LogP contribution in [0.2, 0.25) is 0 Å². The molecule has 2 aliphatic rings. The molecule has 1 aliphatic heterocycles. The van der Waals surface area contributed by atoms with Crippen LogP contribution in [0.3, 0.4) is 0 Å². The molecule has 1 atom stereocenters. The molecule has 4 nitrogen and oxygen atoms in total. The first-order chi connectivity index (χ1) is 9.93. The predicted octanol–water partition coefficient (Wildman–Crippen LogP) is 3.14. The zero-order chi connectivity index (χ0) is 15.0. The maximum atomic E-state index is 12.2. The van der Waals surface area contributed by atoms with E-state index >= 15 is 0 Å². The van der Waals surface area contributed by atoms with Crippen molar-refractivity contribution in [3.8, 4) is 0 Å². The van der Waals surface area contributed by atoms with Gasteiger partial charge < -0.3 is 9.64 Å². The monoisotopic (exact) mass is 308 g/mol. The summed E-state index contributed by atoms with van der Waals surface area (Å²) in [5, 5.41) is 3.12. The van der Waals surface area contributed by atoms with Crippen LogP contribution in [0.4, 0.5) is 0 Å². The molecule has 1 amide bonds. The molecule has 0 bridgehead atoms. The van der Waals surface area contributed by atoms with Crippen LogP contribution in [-0.4, -0.2) is 35.5 Å². The van der Waals surface area contributed by atoms with Gasteiger partial charge in [-0.1, -0.05) is 20.8 Å². The van der Waals surface area contributed by atoms with Gasteiger partial charge in [-0.15, -0.1) is 11.3 Å². The lowest BCUT2D eigenvalue weighted by Gasteiger charge is -2.32. The van der Waals surface area contributed by atoms with Crippen LogP contribution in [0.5, 0.6) is 0 Å². The molecule has 1 saturated carbocycles. The van der Waals surface area contributed by atoms with Crippen LogP contribution in [0, 0.1) is 5.92 Å². The molecule has 0 aromatic carbocycles. The van der Waals surface area contributed by atoms with Crippen molar-refractivity contribution in [2.75, 3.05) is 19.7 Å². The number of hydrogen-bond acceptors (Lipinski definition) is 4. The fourth-order valence-corrected chi connectivity index (χ4v) is 3.59. The second-order valence-electron chi connectivity index (χ2n) is 7.17. The molecule has 116 valence electrons. The summed E-state index contributed by atoms with van der Waals surface area (Å²) in [6.45, 7) is 8.49. The Hall–Kier alpha value is -0.940. The number of amides is 1. The molecule has 5 heteroatoms. The van der Waals surface area contributed by atoms with Gasteiger partial charge in [0.25, 0.3) is 0 Å². The minimum absolute atomic E-state index is 0.0528. The summed E-state index contributed by atoms with van der Waals surface area (Å²) in [4.78, 5) is 18.9. The normalized spacial score (nSPS) is 23.4. The number of nitrogens with zero attached hydrogens (tertiary/aromatic N) is 2. The van der Waals surface area contributed by atoms with Crippen molar-refractivity contribution in [2.24, 2.45) is 5.92 Å². The molecule has 3 rings (SSSR count). The lowest BCUT2D eigenvalue weighted by molar-refractivity contribution is -0.139. The molecule has 0 radical (unpaired) electrons. The van der Waals surface area contributed by atoms with Crippen molar-refractivity contribution >= 4 is 17.2 Å². The number of aromatic nitrogens is 1. The number of rotatable bonds is 3. The summed E-state index contributed by atoms with van der Waals surface area (Å²) in [6, 6.07) is 0. The standard InChI is InChI=1S/C16H24N2O2S/c1-16(2,3)13-10-21-15(17-13)12-9-18(6-7-20-12)14(19)8-11-4-5-11/h10-12H,4-9H2,1-3H3/t12-/m0/s1. The minimum atomic E-state index is -0.0528. The largest absolute Gasteiger partial charge is 0.367 e. The zero-order valence-corrected chi connectivity index (χ0v) is 13.9.